The monoisotopic (exact) mass is 378 g/mol. The maximum absolute atomic E-state index is 13.4. The Bertz CT molecular complexity index is 782. The maximum atomic E-state index is 13.4. The standard InChI is InChI=1S/C19H20F2N2O2S/c1-3-23(15-8-9-16(20)17(21)10-15)19(25)12-26-11-18(24)22-14-6-4-13(2)5-7-14/h4-10H,3,11-12H2,1-2H3,(H,22,24). The second-order valence-corrected chi connectivity index (χ2v) is 6.63. The molecule has 0 heterocycles. The van der Waals surface area contributed by atoms with Crippen LogP contribution in [-0.2, 0) is 9.59 Å². The highest BCUT2D eigenvalue weighted by atomic mass is 32.2. The molecular weight excluding hydrogens is 358 g/mol. The minimum Gasteiger partial charge on any atom is -0.325 e. The lowest BCUT2D eigenvalue weighted by molar-refractivity contribution is -0.116. The molecule has 2 aromatic carbocycles. The van der Waals surface area contributed by atoms with Crippen LogP contribution in [0, 0.1) is 18.6 Å². The second-order valence-electron chi connectivity index (χ2n) is 5.64. The van der Waals surface area contributed by atoms with E-state index in [2.05, 4.69) is 5.32 Å². The van der Waals surface area contributed by atoms with E-state index in [4.69, 9.17) is 0 Å². The van der Waals surface area contributed by atoms with E-state index in [0.717, 1.165) is 17.7 Å². The van der Waals surface area contributed by atoms with Crippen molar-refractivity contribution < 1.29 is 18.4 Å². The molecule has 2 rings (SSSR count). The molecule has 0 aliphatic rings. The first-order valence-electron chi connectivity index (χ1n) is 8.10. The van der Waals surface area contributed by atoms with Gasteiger partial charge in [-0.3, -0.25) is 9.59 Å². The van der Waals surface area contributed by atoms with Crippen molar-refractivity contribution >= 4 is 35.0 Å². The van der Waals surface area contributed by atoms with E-state index in [-0.39, 0.29) is 23.3 Å². The number of rotatable bonds is 7. The Kier molecular flexibility index (Phi) is 7.15. The number of anilines is 2. The van der Waals surface area contributed by atoms with E-state index in [0.29, 0.717) is 17.9 Å². The molecule has 2 aromatic rings. The Morgan fingerprint density at radius 3 is 2.35 bits per heavy atom. The molecule has 0 fully saturated rings. The molecule has 0 bridgehead atoms. The summed E-state index contributed by atoms with van der Waals surface area (Å²) in [5, 5.41) is 2.76. The van der Waals surface area contributed by atoms with E-state index in [9.17, 15) is 18.4 Å². The van der Waals surface area contributed by atoms with Gasteiger partial charge in [-0.2, -0.15) is 0 Å². The molecule has 0 aromatic heterocycles. The van der Waals surface area contributed by atoms with E-state index in [1.165, 1.54) is 22.7 Å². The second kappa shape index (κ2) is 9.33. The van der Waals surface area contributed by atoms with Crippen LogP contribution in [0.2, 0.25) is 0 Å². The fraction of sp³-hybridized carbons (Fsp3) is 0.263. The average molecular weight is 378 g/mol. The van der Waals surface area contributed by atoms with Crippen LogP contribution in [0.4, 0.5) is 20.2 Å². The summed E-state index contributed by atoms with van der Waals surface area (Å²) in [5.74, 6) is -2.25. The van der Waals surface area contributed by atoms with Gasteiger partial charge in [0.1, 0.15) is 0 Å². The van der Waals surface area contributed by atoms with Crippen molar-refractivity contribution in [3.63, 3.8) is 0 Å². The number of benzene rings is 2. The van der Waals surface area contributed by atoms with Crippen LogP contribution in [0.1, 0.15) is 12.5 Å². The number of carbonyl (C=O) groups is 2. The van der Waals surface area contributed by atoms with Crippen molar-refractivity contribution in [1.29, 1.82) is 0 Å². The van der Waals surface area contributed by atoms with Crippen molar-refractivity contribution in [3.05, 3.63) is 59.7 Å². The molecule has 7 heteroatoms. The van der Waals surface area contributed by atoms with Gasteiger partial charge in [0.15, 0.2) is 11.6 Å². The molecular formula is C19H20F2N2O2S. The number of nitrogens with zero attached hydrogens (tertiary/aromatic N) is 1. The van der Waals surface area contributed by atoms with Crippen LogP contribution >= 0.6 is 11.8 Å². The van der Waals surface area contributed by atoms with Crippen molar-refractivity contribution in [2.45, 2.75) is 13.8 Å². The topological polar surface area (TPSA) is 49.4 Å². The number of thioether (sulfide) groups is 1. The number of hydrogen-bond acceptors (Lipinski definition) is 3. The Hall–Kier alpha value is -2.41. The zero-order valence-corrected chi connectivity index (χ0v) is 15.4. The molecule has 1 N–H and O–H groups in total. The van der Waals surface area contributed by atoms with Crippen LogP contribution in [0.5, 0.6) is 0 Å². The molecule has 4 nitrogen and oxygen atoms in total. The third-order valence-corrected chi connectivity index (χ3v) is 4.54. The number of carbonyl (C=O) groups excluding carboxylic acids is 2. The zero-order valence-electron chi connectivity index (χ0n) is 14.6. The van der Waals surface area contributed by atoms with Crippen LogP contribution in [0.15, 0.2) is 42.5 Å². The largest absolute Gasteiger partial charge is 0.325 e. The van der Waals surface area contributed by atoms with Gasteiger partial charge in [-0.15, -0.1) is 11.8 Å². The van der Waals surface area contributed by atoms with Gasteiger partial charge in [-0.25, -0.2) is 8.78 Å². The van der Waals surface area contributed by atoms with Crippen molar-refractivity contribution in [2.24, 2.45) is 0 Å². The van der Waals surface area contributed by atoms with Crippen molar-refractivity contribution in [3.8, 4) is 0 Å². The normalized spacial score (nSPS) is 10.5. The predicted octanol–water partition coefficient (Wildman–Crippen LogP) is 4.00. The first-order chi connectivity index (χ1) is 12.4. The molecule has 0 saturated heterocycles. The summed E-state index contributed by atoms with van der Waals surface area (Å²) < 4.78 is 26.4. The Balaban J connectivity index is 1.85. The number of hydrogen-bond donors (Lipinski definition) is 1. The minimum atomic E-state index is -1.00. The van der Waals surface area contributed by atoms with Crippen LogP contribution in [0.3, 0.4) is 0 Å². The molecule has 0 unspecified atom stereocenters. The lowest BCUT2D eigenvalue weighted by Gasteiger charge is -2.21. The third-order valence-electron chi connectivity index (χ3n) is 3.63. The average Bonchev–Trinajstić information content (AvgIpc) is 2.60. The summed E-state index contributed by atoms with van der Waals surface area (Å²) in [6, 6.07) is 10.7. The summed E-state index contributed by atoms with van der Waals surface area (Å²) in [5.41, 5.74) is 2.09. The van der Waals surface area contributed by atoms with Gasteiger partial charge < -0.3 is 10.2 Å². The summed E-state index contributed by atoms with van der Waals surface area (Å²) in [7, 11) is 0. The molecule has 0 spiro atoms. The fourth-order valence-electron chi connectivity index (χ4n) is 2.30. The highest BCUT2D eigenvalue weighted by molar-refractivity contribution is 8.00. The maximum Gasteiger partial charge on any atom is 0.236 e. The molecule has 0 radical (unpaired) electrons. The first-order valence-corrected chi connectivity index (χ1v) is 9.26. The van der Waals surface area contributed by atoms with E-state index >= 15 is 0 Å². The molecule has 2 amide bonds. The summed E-state index contributed by atoms with van der Waals surface area (Å²) in [6.07, 6.45) is 0. The SMILES string of the molecule is CCN(C(=O)CSCC(=O)Nc1ccc(C)cc1)c1ccc(F)c(F)c1. The van der Waals surface area contributed by atoms with Crippen molar-refractivity contribution in [1.82, 2.24) is 0 Å². The summed E-state index contributed by atoms with van der Waals surface area (Å²) in [6.45, 7) is 4.02. The van der Waals surface area contributed by atoms with Gasteiger partial charge in [-0.1, -0.05) is 17.7 Å². The van der Waals surface area contributed by atoms with Crippen LogP contribution < -0.4 is 10.2 Å². The van der Waals surface area contributed by atoms with E-state index < -0.39 is 11.6 Å². The highest BCUT2D eigenvalue weighted by Gasteiger charge is 2.16. The fourth-order valence-corrected chi connectivity index (χ4v) is 2.99. The van der Waals surface area contributed by atoms with Gasteiger partial charge in [0, 0.05) is 24.0 Å². The molecule has 0 saturated carbocycles. The quantitative estimate of drug-likeness (QED) is 0.792. The number of amides is 2. The molecule has 26 heavy (non-hydrogen) atoms. The van der Waals surface area contributed by atoms with Crippen LogP contribution in [-0.4, -0.2) is 29.9 Å². The Morgan fingerprint density at radius 1 is 1.04 bits per heavy atom. The highest BCUT2D eigenvalue weighted by Crippen LogP contribution is 2.19. The molecule has 0 atom stereocenters. The van der Waals surface area contributed by atoms with Gasteiger partial charge in [0.05, 0.1) is 11.5 Å². The van der Waals surface area contributed by atoms with Crippen molar-refractivity contribution in [2.75, 3.05) is 28.3 Å². The van der Waals surface area contributed by atoms with E-state index in [1.807, 2.05) is 31.2 Å². The lowest BCUT2D eigenvalue weighted by Crippen LogP contribution is -2.32. The number of nitrogens with one attached hydrogen (secondary N) is 1. The van der Waals surface area contributed by atoms with Crippen LogP contribution in [0.25, 0.3) is 0 Å². The van der Waals surface area contributed by atoms with Gasteiger partial charge in [0.25, 0.3) is 0 Å². The third kappa shape index (κ3) is 5.56. The van der Waals surface area contributed by atoms with Gasteiger partial charge in [0.2, 0.25) is 11.8 Å². The molecule has 138 valence electrons. The number of halogens is 2. The molecule has 0 aliphatic carbocycles. The Morgan fingerprint density at radius 2 is 1.73 bits per heavy atom. The van der Waals surface area contributed by atoms with Gasteiger partial charge in [-0.05, 0) is 38.1 Å². The summed E-state index contributed by atoms with van der Waals surface area (Å²) >= 11 is 1.17. The predicted molar refractivity (Wildman–Crippen MR) is 102 cm³/mol. The Labute approximate surface area is 155 Å². The first kappa shape index (κ1) is 19.9. The smallest absolute Gasteiger partial charge is 0.236 e. The minimum absolute atomic E-state index is 0.0636. The van der Waals surface area contributed by atoms with Gasteiger partial charge >= 0.3 is 0 Å². The zero-order chi connectivity index (χ0) is 19.1. The summed E-state index contributed by atoms with van der Waals surface area (Å²) in [4.78, 5) is 25.6. The van der Waals surface area contributed by atoms with E-state index in [1.54, 1.807) is 6.92 Å². The number of aryl methyl sites for hydroxylation is 1. The molecule has 0 aliphatic heterocycles. The lowest BCUT2D eigenvalue weighted by atomic mass is 10.2.